The molecular weight excluding hydrogens is 315 g/mol. The fourth-order valence-electron chi connectivity index (χ4n) is 2.30. The number of Topliss-reactive ketones (excluding diaryl/α,β-unsaturated/α-hetero) is 1. The Hall–Kier alpha value is -0.780. The van der Waals surface area contributed by atoms with Gasteiger partial charge in [0.2, 0.25) is 0 Å². The van der Waals surface area contributed by atoms with Gasteiger partial charge in [-0.25, -0.2) is 4.39 Å². The number of halogens is 2. The maximum absolute atomic E-state index is 13.0. The molecule has 3 nitrogen and oxygen atoms in total. The molecule has 1 aromatic carbocycles. The molecule has 5 heteroatoms. The first-order chi connectivity index (χ1) is 9.07. The summed E-state index contributed by atoms with van der Waals surface area (Å²) in [7, 11) is 1.56. The van der Waals surface area contributed by atoms with Crippen LogP contribution >= 0.6 is 15.9 Å². The standard InChI is InChI=1S/C14H16BrFO3/c1-18-14(4-6-19-7-5-14)13(17)8-10-2-3-11(16)9-12(10)15/h2-3,9H,4-8H2,1H3. The molecule has 0 saturated carbocycles. The third-order valence-electron chi connectivity index (χ3n) is 3.57. The van der Waals surface area contributed by atoms with Gasteiger partial charge in [0.05, 0.1) is 0 Å². The van der Waals surface area contributed by atoms with Gasteiger partial charge in [-0.3, -0.25) is 4.79 Å². The fraction of sp³-hybridized carbons (Fsp3) is 0.500. The number of hydrogen-bond donors (Lipinski definition) is 0. The van der Waals surface area contributed by atoms with E-state index in [4.69, 9.17) is 9.47 Å². The van der Waals surface area contributed by atoms with Crippen molar-refractivity contribution in [2.24, 2.45) is 0 Å². The van der Waals surface area contributed by atoms with Crippen LogP contribution in [-0.2, 0) is 20.7 Å². The maximum Gasteiger partial charge on any atom is 0.169 e. The molecule has 0 radical (unpaired) electrons. The number of ketones is 1. The first-order valence-corrected chi connectivity index (χ1v) is 6.97. The van der Waals surface area contributed by atoms with Crippen LogP contribution < -0.4 is 0 Å². The Bertz CT molecular complexity index is 470. The van der Waals surface area contributed by atoms with Crippen molar-refractivity contribution in [1.82, 2.24) is 0 Å². The van der Waals surface area contributed by atoms with Gasteiger partial charge in [-0.15, -0.1) is 0 Å². The average molecular weight is 331 g/mol. The Labute approximate surface area is 120 Å². The SMILES string of the molecule is COC1(C(=O)Cc2ccc(F)cc2Br)CCOCC1. The van der Waals surface area contributed by atoms with Gasteiger partial charge >= 0.3 is 0 Å². The quantitative estimate of drug-likeness (QED) is 0.851. The Morgan fingerprint density at radius 1 is 1.47 bits per heavy atom. The van der Waals surface area contributed by atoms with Crippen molar-refractivity contribution in [2.75, 3.05) is 20.3 Å². The van der Waals surface area contributed by atoms with Crippen molar-refractivity contribution in [3.8, 4) is 0 Å². The molecule has 1 saturated heterocycles. The van der Waals surface area contributed by atoms with Crippen molar-refractivity contribution in [1.29, 1.82) is 0 Å². The van der Waals surface area contributed by atoms with Crippen LogP contribution in [0.3, 0.4) is 0 Å². The number of carbonyl (C=O) groups excluding carboxylic acids is 1. The van der Waals surface area contributed by atoms with Gasteiger partial charge in [0, 0.05) is 44.1 Å². The van der Waals surface area contributed by atoms with E-state index in [9.17, 15) is 9.18 Å². The van der Waals surface area contributed by atoms with E-state index in [-0.39, 0.29) is 18.0 Å². The summed E-state index contributed by atoms with van der Waals surface area (Å²) in [5.74, 6) is -0.304. The first-order valence-electron chi connectivity index (χ1n) is 6.17. The van der Waals surface area contributed by atoms with Crippen LogP contribution in [-0.4, -0.2) is 31.7 Å². The zero-order chi connectivity index (χ0) is 13.9. The summed E-state index contributed by atoms with van der Waals surface area (Å²) in [6.45, 7) is 1.06. The number of ether oxygens (including phenoxy) is 2. The van der Waals surface area contributed by atoms with Gasteiger partial charge < -0.3 is 9.47 Å². The number of rotatable bonds is 4. The van der Waals surface area contributed by atoms with Gasteiger partial charge in [0.25, 0.3) is 0 Å². The molecule has 1 heterocycles. The zero-order valence-corrected chi connectivity index (χ0v) is 12.3. The van der Waals surface area contributed by atoms with E-state index in [0.29, 0.717) is 30.5 Å². The van der Waals surface area contributed by atoms with Crippen molar-refractivity contribution in [3.63, 3.8) is 0 Å². The fourth-order valence-corrected chi connectivity index (χ4v) is 2.79. The molecule has 0 unspecified atom stereocenters. The molecule has 104 valence electrons. The number of hydrogen-bond acceptors (Lipinski definition) is 3. The van der Waals surface area contributed by atoms with E-state index in [1.165, 1.54) is 12.1 Å². The minimum atomic E-state index is -0.758. The van der Waals surface area contributed by atoms with Gasteiger partial charge in [0.15, 0.2) is 5.78 Å². The molecule has 2 rings (SSSR count). The predicted molar refractivity (Wildman–Crippen MR) is 72.6 cm³/mol. The van der Waals surface area contributed by atoms with Crippen LogP contribution in [0.5, 0.6) is 0 Å². The molecule has 0 aromatic heterocycles. The Morgan fingerprint density at radius 3 is 2.74 bits per heavy atom. The monoisotopic (exact) mass is 330 g/mol. The summed E-state index contributed by atoms with van der Waals surface area (Å²) in [5, 5.41) is 0. The van der Waals surface area contributed by atoms with Gasteiger partial charge in [-0.2, -0.15) is 0 Å². The first kappa shape index (κ1) is 14.6. The summed E-state index contributed by atoms with van der Waals surface area (Å²) >= 11 is 3.28. The maximum atomic E-state index is 13.0. The third-order valence-corrected chi connectivity index (χ3v) is 4.30. The molecule has 1 aliphatic heterocycles. The van der Waals surface area contributed by atoms with Crippen LogP contribution in [0.2, 0.25) is 0 Å². The molecule has 0 bridgehead atoms. The molecule has 0 N–H and O–H groups in total. The van der Waals surface area contributed by atoms with Crippen molar-refractivity contribution in [3.05, 3.63) is 34.1 Å². The molecule has 0 atom stereocenters. The summed E-state index contributed by atoms with van der Waals surface area (Å²) in [4.78, 5) is 12.5. The molecule has 1 aliphatic rings. The number of benzene rings is 1. The predicted octanol–water partition coefficient (Wildman–Crippen LogP) is 2.90. The normalized spacial score (nSPS) is 18.3. The van der Waals surface area contributed by atoms with E-state index < -0.39 is 5.60 Å². The highest BCUT2D eigenvalue weighted by molar-refractivity contribution is 9.10. The summed E-state index contributed by atoms with van der Waals surface area (Å²) in [6, 6.07) is 4.35. The Balaban J connectivity index is 2.15. The average Bonchev–Trinajstić information content (AvgIpc) is 2.42. The highest BCUT2D eigenvalue weighted by Crippen LogP contribution is 2.28. The van der Waals surface area contributed by atoms with Crippen LogP contribution in [0.1, 0.15) is 18.4 Å². The second kappa shape index (κ2) is 6.11. The lowest BCUT2D eigenvalue weighted by Gasteiger charge is -2.34. The highest BCUT2D eigenvalue weighted by Gasteiger charge is 2.39. The lowest BCUT2D eigenvalue weighted by molar-refractivity contribution is -0.151. The minimum Gasteiger partial charge on any atom is -0.381 e. The van der Waals surface area contributed by atoms with E-state index in [2.05, 4.69) is 15.9 Å². The van der Waals surface area contributed by atoms with E-state index in [0.717, 1.165) is 5.56 Å². The van der Waals surface area contributed by atoms with Crippen LogP contribution in [0.4, 0.5) is 4.39 Å². The molecule has 0 spiro atoms. The molecule has 1 fully saturated rings. The molecular formula is C14H16BrFO3. The molecule has 1 aromatic rings. The Kier molecular flexibility index (Phi) is 4.71. The Morgan fingerprint density at radius 2 is 2.16 bits per heavy atom. The van der Waals surface area contributed by atoms with Crippen LogP contribution in [0, 0.1) is 5.82 Å². The van der Waals surface area contributed by atoms with Crippen molar-refractivity contribution >= 4 is 21.7 Å². The summed E-state index contributed by atoms with van der Waals surface area (Å²) in [5.41, 5.74) is 0.0147. The lowest BCUT2D eigenvalue weighted by Crippen LogP contribution is -2.46. The highest BCUT2D eigenvalue weighted by atomic mass is 79.9. The van der Waals surface area contributed by atoms with E-state index in [1.807, 2.05) is 0 Å². The van der Waals surface area contributed by atoms with E-state index in [1.54, 1.807) is 13.2 Å². The lowest BCUT2D eigenvalue weighted by atomic mass is 9.86. The molecule has 0 amide bonds. The summed E-state index contributed by atoms with van der Waals surface area (Å²) < 4.78 is 24.4. The van der Waals surface area contributed by atoms with Gasteiger partial charge in [-0.05, 0) is 17.7 Å². The van der Waals surface area contributed by atoms with Crippen molar-refractivity contribution < 1.29 is 18.7 Å². The van der Waals surface area contributed by atoms with Crippen LogP contribution in [0.15, 0.2) is 22.7 Å². The topological polar surface area (TPSA) is 35.5 Å². The second-order valence-corrected chi connectivity index (χ2v) is 5.50. The van der Waals surface area contributed by atoms with Gasteiger partial charge in [-0.1, -0.05) is 22.0 Å². The largest absolute Gasteiger partial charge is 0.381 e. The van der Waals surface area contributed by atoms with Gasteiger partial charge in [0.1, 0.15) is 11.4 Å². The molecule has 19 heavy (non-hydrogen) atoms. The third kappa shape index (κ3) is 3.22. The second-order valence-electron chi connectivity index (χ2n) is 4.65. The number of carbonyl (C=O) groups is 1. The van der Waals surface area contributed by atoms with E-state index >= 15 is 0 Å². The van der Waals surface area contributed by atoms with Crippen LogP contribution in [0.25, 0.3) is 0 Å². The molecule has 0 aliphatic carbocycles. The minimum absolute atomic E-state index is 0.0191. The smallest absolute Gasteiger partial charge is 0.169 e. The van der Waals surface area contributed by atoms with Crippen molar-refractivity contribution in [2.45, 2.75) is 24.9 Å². The zero-order valence-electron chi connectivity index (χ0n) is 10.7. The summed E-state index contributed by atoms with van der Waals surface area (Å²) in [6.07, 6.45) is 1.37. The number of methoxy groups -OCH3 is 1.